The summed E-state index contributed by atoms with van der Waals surface area (Å²) in [6.07, 6.45) is 2.61. The Kier molecular flexibility index (Phi) is 38.9. The molecule has 1 heterocycles. The summed E-state index contributed by atoms with van der Waals surface area (Å²) in [6, 6.07) is -15.1. The van der Waals surface area contributed by atoms with Gasteiger partial charge in [-0.15, -0.1) is 0 Å². The molecule has 1 aliphatic rings. The van der Waals surface area contributed by atoms with Gasteiger partial charge in [0.1, 0.15) is 66.5 Å². The third-order valence-electron chi connectivity index (χ3n) is 18.7. The van der Waals surface area contributed by atoms with Crippen LogP contribution in [0, 0.1) is 41.4 Å². The number of ether oxygens (including phenoxy) is 2. The highest BCUT2D eigenvalue weighted by Gasteiger charge is 2.47. The predicted octanol–water partition coefficient (Wildman–Crippen LogP) is 3.62. The molecule has 0 bridgehead atoms. The second-order valence-corrected chi connectivity index (χ2v) is 31.0. The minimum atomic E-state index is -1.72. The van der Waals surface area contributed by atoms with E-state index in [4.69, 9.17) is 9.47 Å². The number of rotatable bonds is 24. The van der Waals surface area contributed by atoms with E-state index in [1.165, 1.54) is 96.6 Å². The molecule has 29 heteroatoms. The maximum absolute atomic E-state index is 15.5. The number of aliphatic hydroxyl groups excluding tert-OH is 1. The second-order valence-electron chi connectivity index (χ2n) is 29.9. The third-order valence-corrected chi connectivity index (χ3v) is 19.9. The van der Waals surface area contributed by atoms with Gasteiger partial charge in [-0.1, -0.05) is 95.2 Å². The quantitative estimate of drug-likeness (QED) is 0.0348. The fraction of sp³-hybridized carbons (Fsp3) is 0.792. The highest BCUT2D eigenvalue weighted by Crippen LogP contribution is 2.27. The molecule has 1 fully saturated rings. The Morgan fingerprint density at radius 1 is 0.535 bits per heavy atom. The van der Waals surface area contributed by atoms with Gasteiger partial charge in [0.15, 0.2) is 5.92 Å². The smallest absolute Gasteiger partial charge is 0.320 e. The van der Waals surface area contributed by atoms with Gasteiger partial charge in [-0.05, 0) is 127 Å². The number of likely N-dealkylation sites (N-methyl/N-ethyl adjacent to an activating group) is 7. The first-order chi connectivity index (χ1) is 46.7. The van der Waals surface area contributed by atoms with E-state index in [-0.39, 0.29) is 74.2 Å². The highest BCUT2D eigenvalue weighted by atomic mass is 32.2. The lowest BCUT2D eigenvalue weighted by Gasteiger charge is -2.41. The van der Waals surface area contributed by atoms with Gasteiger partial charge in [0, 0.05) is 61.5 Å². The first kappa shape index (κ1) is 92.1. The van der Waals surface area contributed by atoms with E-state index in [1.54, 1.807) is 60.6 Å². The van der Waals surface area contributed by atoms with Crippen LogP contribution in [0.3, 0.4) is 0 Å². The maximum atomic E-state index is 15.5. The molecule has 28 nitrogen and oxygen atoms in total. The van der Waals surface area contributed by atoms with Crippen LogP contribution in [0.2, 0.25) is 0 Å². The van der Waals surface area contributed by atoms with Gasteiger partial charge in [0.05, 0.1) is 25.9 Å². The van der Waals surface area contributed by atoms with Crippen molar-refractivity contribution in [2.45, 2.75) is 254 Å². The average Bonchev–Trinajstić information content (AvgIpc) is 0.807. The van der Waals surface area contributed by atoms with E-state index in [2.05, 4.69) is 21.3 Å². The Morgan fingerprint density at radius 2 is 1.00 bits per heavy atom. The number of esters is 2. The molecule has 0 spiro atoms. The summed E-state index contributed by atoms with van der Waals surface area (Å²) in [4.78, 5) is 198. The number of amides is 11. The summed E-state index contributed by atoms with van der Waals surface area (Å²) in [5.74, 6) is -13.8. The van der Waals surface area contributed by atoms with E-state index in [9.17, 15) is 39.0 Å². The Morgan fingerprint density at radius 3 is 1.49 bits per heavy atom. The van der Waals surface area contributed by atoms with Crippen LogP contribution in [0.4, 0.5) is 0 Å². The summed E-state index contributed by atoms with van der Waals surface area (Å²) in [7, 11) is 11.9. The van der Waals surface area contributed by atoms with E-state index in [0.717, 1.165) is 40.7 Å². The van der Waals surface area contributed by atoms with Crippen molar-refractivity contribution in [1.29, 1.82) is 0 Å². The monoisotopic (exact) mass is 1450 g/mol. The molecule has 101 heavy (non-hydrogen) atoms. The average molecular weight is 1450 g/mol. The Balaban J connectivity index is 4.64. The number of carbonyl (C=O) groups is 13. The molecule has 0 aromatic carbocycles. The van der Waals surface area contributed by atoms with Crippen molar-refractivity contribution in [3.05, 3.63) is 12.2 Å². The highest BCUT2D eigenvalue weighted by molar-refractivity contribution is 7.99. The second kappa shape index (κ2) is 42.6. The fourth-order valence-corrected chi connectivity index (χ4v) is 13.4. The largest absolute Gasteiger partial charge is 0.468 e. The lowest BCUT2D eigenvalue weighted by molar-refractivity contribution is -0.159. The van der Waals surface area contributed by atoms with Crippen molar-refractivity contribution < 1.29 is 82.0 Å². The normalized spacial score (nSPS) is 25.3. The lowest BCUT2D eigenvalue weighted by Crippen LogP contribution is -2.64. The molecule has 6 N–H and O–H groups in total. The lowest BCUT2D eigenvalue weighted by atomic mass is 9.91. The van der Waals surface area contributed by atoms with Gasteiger partial charge in [-0.2, -0.15) is 11.8 Å². The van der Waals surface area contributed by atoms with Gasteiger partial charge in [-0.25, -0.2) is 0 Å². The molecular weight excluding hydrogens is 1320 g/mol. The minimum absolute atomic E-state index is 0.0139. The Bertz CT molecular complexity index is 2820. The van der Waals surface area contributed by atoms with Crippen molar-refractivity contribution in [3.8, 4) is 0 Å². The molecule has 0 saturated carbocycles. The molecule has 1 aliphatic heterocycles. The molecule has 0 aromatic rings. The molecule has 578 valence electrons. The van der Waals surface area contributed by atoms with Crippen LogP contribution in [0.15, 0.2) is 12.2 Å². The SMILES string of the molecule is C/C=C/C[C@@H](C)[C@@H](O)[C@H]1C(=O)N[C@H](CC)C(=O)N(C)[C@H](CSCCCC(C(=O)OC)C(=O)OC)C(=O)N(C)[C@@H](CC(C)(C)O)C(=O)N[C@H](C(C)C)C(=O)N(C)[C@H](CC(C)C)C(=O)N[C@H](C)C(=O)N[C@@H](C)C(=O)N(C)[C@@H](CC(C)C)C(=O)N(C)[C@H](CCC(C)C)C(=O)N(C)[C@H](C(C)C)C(=O)N1C. The number of aliphatic hydroxyl groups is 2. The summed E-state index contributed by atoms with van der Waals surface area (Å²) in [6.45, 7) is 28.7. The summed E-state index contributed by atoms with van der Waals surface area (Å²) < 4.78 is 9.68. The van der Waals surface area contributed by atoms with Gasteiger partial charge in [0.2, 0.25) is 65.0 Å². The van der Waals surface area contributed by atoms with Crippen molar-refractivity contribution in [2.75, 3.05) is 75.1 Å². The van der Waals surface area contributed by atoms with Crippen LogP contribution < -0.4 is 21.3 Å². The number of carbonyl (C=O) groups excluding carboxylic acids is 13. The molecule has 0 radical (unpaired) electrons. The van der Waals surface area contributed by atoms with E-state index in [1.807, 2.05) is 41.5 Å². The van der Waals surface area contributed by atoms with Crippen LogP contribution in [-0.4, -0.2) is 275 Å². The van der Waals surface area contributed by atoms with Gasteiger partial charge >= 0.3 is 11.9 Å². The minimum Gasteiger partial charge on any atom is -0.468 e. The predicted molar refractivity (Wildman–Crippen MR) is 388 cm³/mol. The van der Waals surface area contributed by atoms with Crippen LogP contribution in [-0.2, 0) is 71.8 Å². The molecule has 13 atom stereocenters. The summed E-state index contributed by atoms with van der Waals surface area (Å²) in [5.41, 5.74) is -1.66. The molecule has 1 rings (SSSR count). The molecule has 0 aliphatic carbocycles. The number of hydrogen-bond donors (Lipinski definition) is 6. The standard InChI is InChI=1S/C72H127N11O17S/c1-27-29-31-45(13)58(84)57-62(88)75-49(28-2)64(90)81(22)54(39-101-35-30-32-48(70(96)99-25)71(97)100-26)67(93)80(21)53(38-72(16,17)98)61(87)76-55(43(9)10)68(94)78(19)51(36-41(5)6)60(86)73-46(14)59(85)74-47(15)63(89)79(20)52(37-42(7)8)66(92)77(18)50(34-33-40(3)4)65(91)82(23)56(44(11)12)69(95)83(57)24/h27,29,40-58,84,98H,28,30-39H2,1-26H3,(H,73,86)(H,74,85)(H,75,88)(H,76,87)/b29-27+/t45-,46-,47+,49-,50-,51-,52+,53+,54-,55-,56-,57+,58-/m1/s1. The number of nitrogens with zero attached hydrogens (tertiary/aromatic N) is 7. The van der Waals surface area contributed by atoms with Gasteiger partial charge in [0.25, 0.3) is 0 Å². The third kappa shape index (κ3) is 27.0. The van der Waals surface area contributed by atoms with Crippen molar-refractivity contribution in [2.24, 2.45) is 41.4 Å². The van der Waals surface area contributed by atoms with Crippen molar-refractivity contribution >= 4 is 88.7 Å². The fourth-order valence-electron chi connectivity index (χ4n) is 12.3. The Hall–Kier alpha value is -6.88. The van der Waals surface area contributed by atoms with E-state index >= 15 is 33.6 Å². The first-order valence-corrected chi connectivity index (χ1v) is 36.7. The molecule has 11 amide bonds. The van der Waals surface area contributed by atoms with Gasteiger partial charge < -0.3 is 75.3 Å². The summed E-state index contributed by atoms with van der Waals surface area (Å²) in [5, 5.41) is 34.7. The zero-order valence-electron chi connectivity index (χ0n) is 65.5. The number of methoxy groups -OCH3 is 2. The van der Waals surface area contributed by atoms with Crippen molar-refractivity contribution in [3.63, 3.8) is 0 Å². The van der Waals surface area contributed by atoms with E-state index < -0.39 is 185 Å². The molecule has 0 aromatic heterocycles. The number of hydrogen-bond acceptors (Lipinski definition) is 18. The first-order valence-electron chi connectivity index (χ1n) is 35.6. The van der Waals surface area contributed by atoms with E-state index in [0.29, 0.717) is 6.42 Å². The van der Waals surface area contributed by atoms with Crippen LogP contribution in [0.5, 0.6) is 0 Å². The molecular formula is C72H127N11O17S. The van der Waals surface area contributed by atoms with Gasteiger partial charge in [-0.3, -0.25) is 62.3 Å². The van der Waals surface area contributed by atoms with Crippen LogP contribution in [0.25, 0.3) is 0 Å². The number of nitrogens with one attached hydrogen (secondary N) is 4. The number of thioether (sulfide) groups is 1. The zero-order valence-corrected chi connectivity index (χ0v) is 66.3. The Labute approximate surface area is 606 Å². The number of allylic oxidation sites excluding steroid dienone is 2. The van der Waals surface area contributed by atoms with Crippen molar-refractivity contribution in [1.82, 2.24) is 55.6 Å². The topological polar surface area (TPSA) is 352 Å². The van der Waals surface area contributed by atoms with Crippen LogP contribution >= 0.6 is 11.8 Å². The molecule has 0 unspecified atom stereocenters. The summed E-state index contributed by atoms with van der Waals surface area (Å²) >= 11 is 1.15. The van der Waals surface area contributed by atoms with Crippen LogP contribution in [0.1, 0.15) is 175 Å². The maximum Gasteiger partial charge on any atom is 0.320 e. The zero-order chi connectivity index (χ0) is 78.2. The molecule has 1 saturated heterocycles.